The highest BCUT2D eigenvalue weighted by Crippen LogP contribution is 2.64. The minimum absolute atomic E-state index is 0.331. The number of allylic oxidation sites excluding steroid dienone is 4. The fourth-order valence-electron chi connectivity index (χ4n) is 9.56. The molecule has 0 nitrogen and oxygen atoms in total. The standard InChI is InChI=1S/C45H26Cl2/c46-41-23-33-32-21-34-29-15-7-10-20-39(29)45(37-18-8-5-13-27(37)28-14-6-9-19-38(28)45)40(34)22-35(32)43-30-16-3-1-11-25(30)26-12-2-4-17-31(26)44(43)36(33)24-42(41)47/h1-8,10-18,20-24H,9,19H2. The Morgan fingerprint density at radius 3 is 1.68 bits per heavy atom. The quantitative estimate of drug-likeness (QED) is 0.145. The van der Waals surface area contributed by atoms with Crippen LogP contribution in [0.4, 0.5) is 0 Å². The van der Waals surface area contributed by atoms with Crippen LogP contribution in [0, 0.1) is 0 Å². The fraction of sp³-hybridized carbons (Fsp3) is 0.0667. The van der Waals surface area contributed by atoms with Crippen LogP contribution in [0.2, 0.25) is 10.0 Å². The van der Waals surface area contributed by atoms with E-state index in [9.17, 15) is 0 Å². The molecule has 0 aliphatic heterocycles. The maximum Gasteiger partial charge on any atom is 0.0688 e. The number of hydrogen-bond acceptors (Lipinski definition) is 0. The van der Waals surface area contributed by atoms with Crippen LogP contribution in [0.3, 0.4) is 0 Å². The molecule has 0 heterocycles. The van der Waals surface area contributed by atoms with Crippen LogP contribution in [0.5, 0.6) is 0 Å². The van der Waals surface area contributed by atoms with Crippen molar-refractivity contribution >= 4 is 82.6 Å². The van der Waals surface area contributed by atoms with E-state index in [0.29, 0.717) is 10.0 Å². The molecule has 0 radical (unpaired) electrons. The molecule has 2 heteroatoms. The summed E-state index contributed by atoms with van der Waals surface area (Å²) in [7, 11) is 0. The summed E-state index contributed by atoms with van der Waals surface area (Å²) in [6.45, 7) is 0. The highest BCUT2D eigenvalue weighted by atomic mass is 35.5. The van der Waals surface area contributed by atoms with Gasteiger partial charge in [0.05, 0.1) is 15.5 Å². The van der Waals surface area contributed by atoms with E-state index in [2.05, 4.69) is 133 Å². The molecule has 0 saturated heterocycles. The van der Waals surface area contributed by atoms with E-state index in [1.165, 1.54) is 87.6 Å². The Kier molecular flexibility index (Phi) is 5.10. The summed E-state index contributed by atoms with van der Waals surface area (Å²) in [5.41, 5.74) is 10.8. The molecule has 0 aromatic heterocycles. The van der Waals surface area contributed by atoms with Crippen LogP contribution >= 0.6 is 23.2 Å². The summed E-state index contributed by atoms with van der Waals surface area (Å²) in [4.78, 5) is 0. The third-order valence-electron chi connectivity index (χ3n) is 11.2. The van der Waals surface area contributed by atoms with Crippen molar-refractivity contribution in [1.29, 1.82) is 0 Å². The van der Waals surface area contributed by atoms with E-state index in [0.717, 1.165) is 23.6 Å². The molecule has 3 aliphatic rings. The topological polar surface area (TPSA) is 0 Å². The Morgan fingerprint density at radius 1 is 0.447 bits per heavy atom. The minimum Gasteiger partial charge on any atom is -0.0836 e. The predicted octanol–water partition coefficient (Wildman–Crippen LogP) is 13.2. The molecule has 0 N–H and O–H groups in total. The number of rotatable bonds is 0. The van der Waals surface area contributed by atoms with E-state index in [1.807, 2.05) is 0 Å². The third-order valence-corrected chi connectivity index (χ3v) is 12.0. The lowest BCUT2D eigenvalue weighted by Gasteiger charge is -2.33. The number of fused-ring (bicyclic) bond motifs is 20. The van der Waals surface area contributed by atoms with Crippen molar-refractivity contribution in [2.24, 2.45) is 0 Å². The molecule has 8 aromatic carbocycles. The molecular formula is C45H26Cl2. The first-order valence-corrected chi connectivity index (χ1v) is 17.1. The molecule has 0 saturated carbocycles. The summed E-state index contributed by atoms with van der Waals surface area (Å²) in [6, 6.07) is 45.1. The van der Waals surface area contributed by atoms with Gasteiger partial charge in [0.25, 0.3) is 0 Å². The van der Waals surface area contributed by atoms with E-state index in [-0.39, 0.29) is 5.41 Å². The van der Waals surface area contributed by atoms with Gasteiger partial charge in [0.15, 0.2) is 0 Å². The lowest BCUT2D eigenvalue weighted by atomic mass is 9.68. The van der Waals surface area contributed by atoms with Crippen molar-refractivity contribution in [3.63, 3.8) is 0 Å². The molecule has 47 heavy (non-hydrogen) atoms. The van der Waals surface area contributed by atoms with Crippen molar-refractivity contribution in [3.8, 4) is 11.1 Å². The second-order valence-electron chi connectivity index (χ2n) is 13.3. The van der Waals surface area contributed by atoms with Crippen LogP contribution in [-0.2, 0) is 5.41 Å². The zero-order chi connectivity index (χ0) is 31.0. The zero-order valence-corrected chi connectivity index (χ0v) is 26.9. The second kappa shape index (κ2) is 9.14. The van der Waals surface area contributed by atoms with E-state index in [1.54, 1.807) is 0 Å². The molecule has 0 bridgehead atoms. The van der Waals surface area contributed by atoms with Crippen LogP contribution in [0.1, 0.15) is 35.1 Å². The van der Waals surface area contributed by atoms with Gasteiger partial charge in [0.2, 0.25) is 0 Å². The van der Waals surface area contributed by atoms with E-state index in [4.69, 9.17) is 23.2 Å². The predicted molar refractivity (Wildman–Crippen MR) is 201 cm³/mol. The first-order valence-electron chi connectivity index (χ1n) is 16.4. The highest BCUT2D eigenvalue weighted by Gasteiger charge is 2.52. The van der Waals surface area contributed by atoms with Crippen LogP contribution in [0.15, 0.2) is 139 Å². The van der Waals surface area contributed by atoms with Gasteiger partial charge in [-0.1, -0.05) is 132 Å². The molecule has 1 spiro atoms. The maximum atomic E-state index is 6.84. The Hall–Kier alpha value is -4.88. The van der Waals surface area contributed by atoms with Gasteiger partial charge in [-0.2, -0.15) is 0 Å². The molecule has 0 fully saturated rings. The van der Waals surface area contributed by atoms with Crippen molar-refractivity contribution in [2.75, 3.05) is 0 Å². The molecule has 220 valence electrons. The van der Waals surface area contributed by atoms with Crippen molar-refractivity contribution in [1.82, 2.24) is 0 Å². The van der Waals surface area contributed by atoms with Gasteiger partial charge in [-0.25, -0.2) is 0 Å². The summed E-state index contributed by atoms with van der Waals surface area (Å²) in [6.07, 6.45) is 6.83. The summed E-state index contributed by atoms with van der Waals surface area (Å²) < 4.78 is 0. The van der Waals surface area contributed by atoms with Gasteiger partial charge in [-0.05, 0) is 135 Å². The van der Waals surface area contributed by atoms with E-state index < -0.39 is 0 Å². The van der Waals surface area contributed by atoms with Crippen molar-refractivity contribution < 1.29 is 0 Å². The summed E-state index contributed by atoms with van der Waals surface area (Å²) >= 11 is 13.7. The minimum atomic E-state index is -0.331. The molecule has 11 rings (SSSR count). The Balaban J connectivity index is 1.43. The van der Waals surface area contributed by atoms with Gasteiger partial charge in [0.1, 0.15) is 0 Å². The first-order chi connectivity index (χ1) is 23.2. The highest BCUT2D eigenvalue weighted by molar-refractivity contribution is 6.46. The number of benzene rings is 8. The lowest BCUT2D eigenvalue weighted by molar-refractivity contribution is 0.715. The summed E-state index contributed by atoms with van der Waals surface area (Å²) in [5, 5.41) is 13.4. The average molecular weight is 638 g/mol. The van der Waals surface area contributed by atoms with Crippen LogP contribution < -0.4 is 0 Å². The van der Waals surface area contributed by atoms with Crippen molar-refractivity contribution in [2.45, 2.75) is 18.3 Å². The molecule has 8 aromatic rings. The van der Waals surface area contributed by atoms with Gasteiger partial charge in [-0.15, -0.1) is 0 Å². The third kappa shape index (κ3) is 3.12. The SMILES string of the molecule is Clc1cc2c3cc4c(cc3c3c5ccccc5c5ccccc5c3c2cc1Cl)C1(C2=C(C=CCC2)c2ccccc21)c1ccccc1-4. The first kappa shape index (κ1) is 26.2. The maximum absolute atomic E-state index is 6.84. The zero-order valence-electron chi connectivity index (χ0n) is 25.4. The molecule has 1 unspecified atom stereocenters. The van der Waals surface area contributed by atoms with Gasteiger partial charge in [-0.3, -0.25) is 0 Å². The van der Waals surface area contributed by atoms with Gasteiger partial charge < -0.3 is 0 Å². The number of hydrogen-bond donors (Lipinski definition) is 0. The van der Waals surface area contributed by atoms with Gasteiger partial charge in [0, 0.05) is 0 Å². The molecule has 3 aliphatic carbocycles. The van der Waals surface area contributed by atoms with Gasteiger partial charge >= 0.3 is 0 Å². The second-order valence-corrected chi connectivity index (χ2v) is 14.1. The largest absolute Gasteiger partial charge is 0.0836 e. The monoisotopic (exact) mass is 636 g/mol. The molecular weight excluding hydrogens is 611 g/mol. The molecule has 1 atom stereocenters. The van der Waals surface area contributed by atoms with Crippen LogP contribution in [-0.4, -0.2) is 0 Å². The Labute approximate surface area is 282 Å². The van der Waals surface area contributed by atoms with E-state index >= 15 is 0 Å². The lowest BCUT2D eigenvalue weighted by Crippen LogP contribution is -2.27. The molecule has 0 amide bonds. The normalized spacial score (nSPS) is 17.7. The Morgan fingerprint density at radius 2 is 0.979 bits per heavy atom. The Bertz CT molecular complexity index is 2820. The summed E-state index contributed by atoms with van der Waals surface area (Å²) in [5.74, 6) is 0. The van der Waals surface area contributed by atoms with Crippen molar-refractivity contribution in [3.05, 3.63) is 171 Å². The van der Waals surface area contributed by atoms with Crippen LogP contribution in [0.25, 0.3) is 70.6 Å². The smallest absolute Gasteiger partial charge is 0.0688 e. The fourth-order valence-corrected chi connectivity index (χ4v) is 9.89. The average Bonchev–Trinajstić information content (AvgIpc) is 3.58. The number of halogens is 2.